The molecule has 0 spiro atoms. The zero-order valence-electron chi connectivity index (χ0n) is 12.0. The Labute approximate surface area is 116 Å². The molecule has 1 aliphatic carbocycles. The van der Waals surface area contributed by atoms with E-state index < -0.39 is 0 Å². The normalized spacial score (nSPS) is 25.3. The molecule has 0 amide bonds. The molecule has 2 rings (SSSR count). The van der Waals surface area contributed by atoms with Crippen molar-refractivity contribution in [3.05, 3.63) is 35.4 Å². The third-order valence-corrected chi connectivity index (χ3v) is 4.30. The first-order valence-electron chi connectivity index (χ1n) is 7.43. The highest BCUT2D eigenvalue weighted by Crippen LogP contribution is 2.26. The summed E-state index contributed by atoms with van der Waals surface area (Å²) >= 11 is 0. The number of nitrogens with one attached hydrogen (secondary N) is 1. The van der Waals surface area contributed by atoms with Gasteiger partial charge in [0, 0.05) is 12.1 Å². The van der Waals surface area contributed by atoms with Crippen molar-refractivity contribution in [2.24, 2.45) is 5.92 Å². The third-order valence-electron chi connectivity index (χ3n) is 4.30. The first-order chi connectivity index (χ1) is 9.22. The van der Waals surface area contributed by atoms with Crippen molar-refractivity contribution in [1.29, 1.82) is 5.26 Å². The summed E-state index contributed by atoms with van der Waals surface area (Å²) in [5.74, 6) is 0.175. The molecule has 0 bridgehead atoms. The van der Waals surface area contributed by atoms with Crippen LogP contribution in [0.2, 0.25) is 0 Å². The van der Waals surface area contributed by atoms with Crippen LogP contribution in [0, 0.1) is 24.2 Å². The highest BCUT2D eigenvalue weighted by molar-refractivity contribution is 5.28. The molecular weight excluding hydrogens is 232 g/mol. The Morgan fingerprint density at radius 2 is 1.95 bits per heavy atom. The molecule has 0 aliphatic heterocycles. The second-order valence-electron chi connectivity index (χ2n) is 5.73. The van der Waals surface area contributed by atoms with Gasteiger partial charge in [-0.25, -0.2) is 0 Å². The summed E-state index contributed by atoms with van der Waals surface area (Å²) in [6.45, 7) is 4.37. The molecule has 2 nitrogen and oxygen atoms in total. The SMILES string of the molecule is Cc1ccccc1[C@H](C)NC1CCCCCC1C#N. The molecule has 1 N–H and O–H groups in total. The molecule has 102 valence electrons. The highest BCUT2D eigenvalue weighted by atomic mass is 15.0. The van der Waals surface area contributed by atoms with Gasteiger partial charge in [0.25, 0.3) is 0 Å². The minimum absolute atomic E-state index is 0.175. The topological polar surface area (TPSA) is 35.8 Å². The summed E-state index contributed by atoms with van der Waals surface area (Å²) in [5, 5.41) is 13.0. The van der Waals surface area contributed by atoms with Gasteiger partial charge in [0.05, 0.1) is 12.0 Å². The Hall–Kier alpha value is -1.33. The summed E-state index contributed by atoms with van der Waals surface area (Å²) in [6, 6.07) is 11.7. The van der Waals surface area contributed by atoms with E-state index in [1.807, 2.05) is 0 Å². The Bertz CT molecular complexity index is 447. The first-order valence-corrected chi connectivity index (χ1v) is 7.43. The van der Waals surface area contributed by atoms with E-state index in [-0.39, 0.29) is 5.92 Å². The van der Waals surface area contributed by atoms with E-state index in [9.17, 15) is 5.26 Å². The van der Waals surface area contributed by atoms with Crippen LogP contribution in [0.5, 0.6) is 0 Å². The number of nitriles is 1. The fraction of sp³-hybridized carbons (Fsp3) is 0.588. The smallest absolute Gasteiger partial charge is 0.0672 e. The van der Waals surface area contributed by atoms with Gasteiger partial charge in [-0.15, -0.1) is 0 Å². The summed E-state index contributed by atoms with van der Waals surface area (Å²) in [7, 11) is 0. The molecule has 0 heterocycles. The van der Waals surface area contributed by atoms with Crippen LogP contribution >= 0.6 is 0 Å². The summed E-state index contributed by atoms with van der Waals surface area (Å²) < 4.78 is 0. The molecule has 2 heteroatoms. The lowest BCUT2D eigenvalue weighted by molar-refractivity contribution is 0.361. The van der Waals surface area contributed by atoms with Crippen LogP contribution in [-0.2, 0) is 0 Å². The highest BCUT2D eigenvalue weighted by Gasteiger charge is 2.25. The van der Waals surface area contributed by atoms with Gasteiger partial charge in [0.1, 0.15) is 0 Å². The molecular formula is C17H24N2. The van der Waals surface area contributed by atoms with E-state index in [0.29, 0.717) is 12.1 Å². The average Bonchev–Trinajstić information content (AvgIpc) is 2.64. The zero-order valence-corrected chi connectivity index (χ0v) is 12.0. The fourth-order valence-corrected chi connectivity index (χ4v) is 3.15. The third kappa shape index (κ3) is 3.58. The van der Waals surface area contributed by atoms with Gasteiger partial charge < -0.3 is 5.32 Å². The molecule has 3 atom stereocenters. The molecule has 19 heavy (non-hydrogen) atoms. The van der Waals surface area contributed by atoms with Gasteiger partial charge in [-0.2, -0.15) is 5.26 Å². The van der Waals surface area contributed by atoms with Crippen molar-refractivity contribution in [3.8, 4) is 6.07 Å². The largest absolute Gasteiger partial charge is 0.306 e. The predicted octanol–water partition coefficient (Wildman–Crippen LogP) is 4.12. The van der Waals surface area contributed by atoms with E-state index in [0.717, 1.165) is 12.8 Å². The van der Waals surface area contributed by atoms with Gasteiger partial charge in [0.15, 0.2) is 0 Å². The lowest BCUT2D eigenvalue weighted by Gasteiger charge is -2.26. The van der Waals surface area contributed by atoms with E-state index in [2.05, 4.69) is 49.5 Å². The van der Waals surface area contributed by atoms with Gasteiger partial charge in [0.2, 0.25) is 0 Å². The molecule has 0 radical (unpaired) electrons. The van der Waals surface area contributed by atoms with Crippen LogP contribution in [-0.4, -0.2) is 6.04 Å². The van der Waals surface area contributed by atoms with Crippen LogP contribution in [0.1, 0.15) is 56.2 Å². The van der Waals surface area contributed by atoms with E-state index in [1.165, 1.54) is 30.4 Å². The molecule has 1 aromatic carbocycles. The fourth-order valence-electron chi connectivity index (χ4n) is 3.15. The van der Waals surface area contributed by atoms with E-state index in [1.54, 1.807) is 0 Å². The maximum atomic E-state index is 9.33. The van der Waals surface area contributed by atoms with Crippen molar-refractivity contribution >= 4 is 0 Å². The van der Waals surface area contributed by atoms with E-state index >= 15 is 0 Å². The van der Waals surface area contributed by atoms with Crippen LogP contribution in [0.4, 0.5) is 0 Å². The quantitative estimate of drug-likeness (QED) is 0.826. The molecule has 1 aromatic rings. The lowest BCUT2D eigenvalue weighted by atomic mass is 9.94. The van der Waals surface area contributed by atoms with Crippen molar-refractivity contribution in [1.82, 2.24) is 5.32 Å². The second kappa shape index (κ2) is 6.73. The maximum absolute atomic E-state index is 9.33. The molecule has 1 saturated carbocycles. The van der Waals surface area contributed by atoms with Crippen LogP contribution in [0.25, 0.3) is 0 Å². The van der Waals surface area contributed by atoms with Crippen LogP contribution in [0.15, 0.2) is 24.3 Å². The van der Waals surface area contributed by atoms with Gasteiger partial charge in [-0.1, -0.05) is 43.5 Å². The molecule has 0 saturated heterocycles. The molecule has 0 aromatic heterocycles. The number of nitrogens with zero attached hydrogens (tertiary/aromatic N) is 1. The van der Waals surface area contributed by atoms with Crippen molar-refractivity contribution in [2.45, 2.75) is 58.0 Å². The van der Waals surface area contributed by atoms with Crippen LogP contribution in [0.3, 0.4) is 0 Å². The molecule has 1 aliphatic rings. The Morgan fingerprint density at radius 1 is 1.21 bits per heavy atom. The van der Waals surface area contributed by atoms with Crippen molar-refractivity contribution in [3.63, 3.8) is 0 Å². The van der Waals surface area contributed by atoms with Gasteiger partial charge in [-0.05, 0) is 37.8 Å². The van der Waals surface area contributed by atoms with E-state index in [4.69, 9.17) is 0 Å². The van der Waals surface area contributed by atoms with Gasteiger partial charge in [-0.3, -0.25) is 0 Å². The number of aryl methyl sites for hydroxylation is 1. The Balaban J connectivity index is 2.06. The average molecular weight is 256 g/mol. The van der Waals surface area contributed by atoms with Gasteiger partial charge >= 0.3 is 0 Å². The maximum Gasteiger partial charge on any atom is 0.0672 e. The first kappa shape index (κ1) is 14.1. The summed E-state index contributed by atoms with van der Waals surface area (Å²) in [6.07, 6.45) is 5.91. The minimum Gasteiger partial charge on any atom is -0.306 e. The predicted molar refractivity (Wildman–Crippen MR) is 78.7 cm³/mol. The summed E-state index contributed by atoms with van der Waals surface area (Å²) in [4.78, 5) is 0. The number of rotatable bonds is 3. The Morgan fingerprint density at radius 3 is 2.68 bits per heavy atom. The Kier molecular flexibility index (Phi) is 4.99. The standard InChI is InChI=1S/C17H24N2/c1-13-8-6-7-10-16(13)14(2)19-17-11-5-3-4-9-15(17)12-18/h6-8,10,14-15,17,19H,3-5,9,11H2,1-2H3/t14-,15?,17?/m0/s1. The minimum atomic E-state index is 0.175. The molecule has 1 fully saturated rings. The van der Waals surface area contributed by atoms with Crippen molar-refractivity contribution < 1.29 is 0 Å². The number of hydrogen-bond acceptors (Lipinski definition) is 2. The number of hydrogen-bond donors (Lipinski definition) is 1. The van der Waals surface area contributed by atoms with Crippen LogP contribution < -0.4 is 5.32 Å². The summed E-state index contributed by atoms with van der Waals surface area (Å²) in [5.41, 5.74) is 2.67. The lowest BCUT2D eigenvalue weighted by Crippen LogP contribution is -2.37. The zero-order chi connectivity index (χ0) is 13.7. The second-order valence-corrected chi connectivity index (χ2v) is 5.73. The monoisotopic (exact) mass is 256 g/mol. The molecule has 2 unspecified atom stereocenters. The van der Waals surface area contributed by atoms with Crippen molar-refractivity contribution in [2.75, 3.05) is 0 Å². The number of benzene rings is 1.